The summed E-state index contributed by atoms with van der Waals surface area (Å²) in [6.45, 7) is 6.47. The molecule has 21 heavy (non-hydrogen) atoms. The maximum absolute atomic E-state index is 6.51. The summed E-state index contributed by atoms with van der Waals surface area (Å²) in [6, 6.07) is 7.06. The highest BCUT2D eigenvalue weighted by molar-refractivity contribution is 6.33. The molecule has 0 amide bonds. The zero-order chi connectivity index (χ0) is 15.2. The molecule has 0 spiro atoms. The number of nitrogens with zero attached hydrogens (tertiary/aromatic N) is 2. The SMILES string of the molecule is CCCNCc1ccc(N(C)C2CCN(C)CC2)c(Cl)c1. The lowest BCUT2D eigenvalue weighted by atomic mass is 10.0. The van der Waals surface area contributed by atoms with Gasteiger partial charge in [0, 0.05) is 19.6 Å². The lowest BCUT2D eigenvalue weighted by Crippen LogP contribution is -2.42. The Balaban J connectivity index is 1.99. The average molecular weight is 310 g/mol. The number of hydrogen-bond donors (Lipinski definition) is 1. The van der Waals surface area contributed by atoms with Crippen LogP contribution in [0.2, 0.25) is 5.02 Å². The molecule has 1 N–H and O–H groups in total. The van der Waals surface area contributed by atoms with Crippen LogP contribution in [0.25, 0.3) is 0 Å². The van der Waals surface area contributed by atoms with E-state index in [0.717, 1.165) is 30.2 Å². The standard InChI is InChI=1S/C17H28ClN3/c1-4-9-19-13-14-5-6-17(16(18)12-14)21(3)15-7-10-20(2)11-8-15/h5-6,12,15,19H,4,7-11,13H2,1-3H3. The van der Waals surface area contributed by atoms with Gasteiger partial charge in [-0.1, -0.05) is 24.6 Å². The van der Waals surface area contributed by atoms with Crippen molar-refractivity contribution in [2.45, 2.75) is 38.8 Å². The van der Waals surface area contributed by atoms with Crippen LogP contribution in [-0.4, -0.2) is 44.7 Å². The third-order valence-corrected chi connectivity index (χ3v) is 4.69. The van der Waals surface area contributed by atoms with E-state index >= 15 is 0 Å². The van der Waals surface area contributed by atoms with Crippen LogP contribution >= 0.6 is 11.6 Å². The second-order valence-corrected chi connectivity index (χ2v) is 6.52. The number of anilines is 1. The fraction of sp³-hybridized carbons (Fsp3) is 0.647. The van der Waals surface area contributed by atoms with Crippen LogP contribution in [0, 0.1) is 0 Å². The molecule has 1 aliphatic rings. The van der Waals surface area contributed by atoms with Gasteiger partial charge in [-0.3, -0.25) is 0 Å². The van der Waals surface area contributed by atoms with Crippen molar-refractivity contribution in [2.24, 2.45) is 0 Å². The van der Waals surface area contributed by atoms with Crippen molar-refractivity contribution in [3.8, 4) is 0 Å². The van der Waals surface area contributed by atoms with E-state index in [1.165, 1.54) is 31.5 Å². The predicted molar refractivity (Wildman–Crippen MR) is 92.4 cm³/mol. The first-order chi connectivity index (χ1) is 10.1. The summed E-state index contributed by atoms with van der Waals surface area (Å²) in [4.78, 5) is 4.76. The molecule has 2 rings (SSSR count). The van der Waals surface area contributed by atoms with Gasteiger partial charge in [-0.25, -0.2) is 0 Å². The highest BCUT2D eigenvalue weighted by atomic mass is 35.5. The van der Waals surface area contributed by atoms with Gasteiger partial charge in [-0.15, -0.1) is 0 Å². The monoisotopic (exact) mass is 309 g/mol. The first-order valence-corrected chi connectivity index (χ1v) is 8.40. The van der Waals surface area contributed by atoms with Crippen LogP contribution < -0.4 is 10.2 Å². The maximum Gasteiger partial charge on any atom is 0.0642 e. The molecule has 0 aliphatic carbocycles. The molecule has 0 aromatic heterocycles. The Hall–Kier alpha value is -0.770. The number of likely N-dealkylation sites (tertiary alicyclic amines) is 1. The number of hydrogen-bond acceptors (Lipinski definition) is 3. The zero-order valence-corrected chi connectivity index (χ0v) is 14.3. The molecular formula is C17H28ClN3. The van der Waals surface area contributed by atoms with E-state index in [9.17, 15) is 0 Å². The molecule has 118 valence electrons. The van der Waals surface area contributed by atoms with E-state index in [0.29, 0.717) is 6.04 Å². The first kappa shape index (κ1) is 16.6. The summed E-state index contributed by atoms with van der Waals surface area (Å²) in [5.41, 5.74) is 2.42. The van der Waals surface area contributed by atoms with Gasteiger partial charge in [-0.2, -0.15) is 0 Å². The summed E-state index contributed by atoms with van der Waals surface area (Å²) >= 11 is 6.51. The minimum Gasteiger partial charge on any atom is -0.370 e. The molecule has 0 radical (unpaired) electrons. The molecule has 4 heteroatoms. The summed E-state index contributed by atoms with van der Waals surface area (Å²) in [6.07, 6.45) is 3.58. The van der Waals surface area contributed by atoms with Crippen LogP contribution in [0.5, 0.6) is 0 Å². The Bertz CT molecular complexity index is 442. The lowest BCUT2D eigenvalue weighted by Gasteiger charge is -2.36. The zero-order valence-electron chi connectivity index (χ0n) is 13.5. The molecular weight excluding hydrogens is 282 g/mol. The van der Waals surface area contributed by atoms with Gasteiger partial charge in [-0.05, 0) is 63.6 Å². The van der Waals surface area contributed by atoms with E-state index in [4.69, 9.17) is 11.6 Å². The molecule has 0 saturated carbocycles. The van der Waals surface area contributed by atoms with Gasteiger partial charge in [0.1, 0.15) is 0 Å². The van der Waals surface area contributed by atoms with Crippen LogP contribution in [0.15, 0.2) is 18.2 Å². The number of rotatable bonds is 6. The Labute approximate surface area is 134 Å². The molecule has 3 nitrogen and oxygen atoms in total. The largest absolute Gasteiger partial charge is 0.370 e. The lowest BCUT2D eigenvalue weighted by molar-refractivity contribution is 0.253. The fourth-order valence-corrected chi connectivity index (χ4v) is 3.27. The molecule has 1 aromatic rings. The van der Waals surface area contributed by atoms with Crippen molar-refractivity contribution in [2.75, 3.05) is 38.6 Å². The summed E-state index contributed by atoms with van der Waals surface area (Å²) in [5, 5.41) is 4.29. The Kier molecular flexibility index (Phi) is 6.34. The normalized spacial score (nSPS) is 17.1. The number of benzene rings is 1. The van der Waals surface area contributed by atoms with Gasteiger partial charge in [0.15, 0.2) is 0 Å². The number of halogens is 1. The summed E-state index contributed by atoms with van der Waals surface area (Å²) < 4.78 is 0. The van der Waals surface area contributed by atoms with E-state index in [1.807, 2.05) is 0 Å². The van der Waals surface area contributed by atoms with Gasteiger partial charge < -0.3 is 15.1 Å². The third kappa shape index (κ3) is 4.60. The smallest absolute Gasteiger partial charge is 0.0642 e. The molecule has 0 atom stereocenters. The summed E-state index contributed by atoms with van der Waals surface area (Å²) in [5.74, 6) is 0. The molecule has 1 fully saturated rings. The van der Waals surface area contributed by atoms with Crippen molar-refractivity contribution >= 4 is 17.3 Å². The van der Waals surface area contributed by atoms with Crippen LogP contribution in [0.1, 0.15) is 31.7 Å². The van der Waals surface area contributed by atoms with Crippen molar-refractivity contribution < 1.29 is 0 Å². The fourth-order valence-electron chi connectivity index (χ4n) is 2.93. The quantitative estimate of drug-likeness (QED) is 0.813. The summed E-state index contributed by atoms with van der Waals surface area (Å²) in [7, 11) is 4.37. The highest BCUT2D eigenvalue weighted by Gasteiger charge is 2.22. The maximum atomic E-state index is 6.51. The minimum absolute atomic E-state index is 0.600. The minimum atomic E-state index is 0.600. The Morgan fingerprint density at radius 1 is 1.33 bits per heavy atom. The van der Waals surface area contributed by atoms with Gasteiger partial charge in [0.2, 0.25) is 0 Å². The molecule has 0 bridgehead atoms. The van der Waals surface area contributed by atoms with E-state index in [-0.39, 0.29) is 0 Å². The van der Waals surface area contributed by atoms with Gasteiger partial charge >= 0.3 is 0 Å². The molecule has 1 aromatic carbocycles. The Morgan fingerprint density at radius 3 is 2.67 bits per heavy atom. The van der Waals surface area contributed by atoms with Gasteiger partial charge in [0.05, 0.1) is 10.7 Å². The predicted octanol–water partition coefficient (Wildman–Crippen LogP) is 3.37. The highest BCUT2D eigenvalue weighted by Crippen LogP contribution is 2.29. The van der Waals surface area contributed by atoms with Crippen molar-refractivity contribution in [3.05, 3.63) is 28.8 Å². The van der Waals surface area contributed by atoms with Crippen LogP contribution in [0.4, 0.5) is 5.69 Å². The van der Waals surface area contributed by atoms with Crippen molar-refractivity contribution in [1.82, 2.24) is 10.2 Å². The van der Waals surface area contributed by atoms with Crippen LogP contribution in [0.3, 0.4) is 0 Å². The molecule has 1 heterocycles. The second kappa shape index (κ2) is 8.02. The molecule has 0 unspecified atom stereocenters. The average Bonchev–Trinajstić information content (AvgIpc) is 2.48. The van der Waals surface area contributed by atoms with Crippen LogP contribution in [-0.2, 0) is 6.54 Å². The van der Waals surface area contributed by atoms with E-state index < -0.39 is 0 Å². The number of nitrogens with one attached hydrogen (secondary N) is 1. The van der Waals surface area contributed by atoms with E-state index in [2.05, 4.69) is 54.3 Å². The molecule has 1 saturated heterocycles. The number of piperidine rings is 1. The second-order valence-electron chi connectivity index (χ2n) is 6.11. The first-order valence-electron chi connectivity index (χ1n) is 8.02. The van der Waals surface area contributed by atoms with Gasteiger partial charge in [0.25, 0.3) is 0 Å². The van der Waals surface area contributed by atoms with Crippen molar-refractivity contribution in [1.29, 1.82) is 0 Å². The Morgan fingerprint density at radius 2 is 2.05 bits per heavy atom. The van der Waals surface area contributed by atoms with Crippen molar-refractivity contribution in [3.63, 3.8) is 0 Å². The molecule has 1 aliphatic heterocycles. The topological polar surface area (TPSA) is 18.5 Å². The third-order valence-electron chi connectivity index (χ3n) is 4.38. The van der Waals surface area contributed by atoms with E-state index in [1.54, 1.807) is 0 Å².